The Labute approximate surface area is 493 Å². The third kappa shape index (κ3) is 18.5. The number of likely N-dealkylation sites (tertiary alicyclic amines) is 2. The van der Waals surface area contributed by atoms with Gasteiger partial charge in [-0.25, -0.2) is 38.1 Å². The molecule has 442 valence electrons. The summed E-state index contributed by atoms with van der Waals surface area (Å²) in [5.74, 6) is -3.85. The first-order valence-corrected chi connectivity index (χ1v) is 35.9. The summed E-state index contributed by atoms with van der Waals surface area (Å²) in [6.07, 6.45) is -3.25. The summed E-state index contributed by atoms with van der Waals surface area (Å²) in [4.78, 5) is 113. The van der Waals surface area contributed by atoms with Gasteiger partial charge in [-0.15, -0.1) is 38.0 Å². The minimum absolute atomic E-state index is 0.00299. The van der Waals surface area contributed by atoms with Crippen LogP contribution in [-0.4, -0.2) is 156 Å². The van der Waals surface area contributed by atoms with Crippen LogP contribution < -0.4 is 31.6 Å². The van der Waals surface area contributed by atoms with Crippen LogP contribution in [0.5, 0.6) is 0 Å². The lowest BCUT2D eigenvalue weighted by atomic mass is 10.2. The van der Waals surface area contributed by atoms with Gasteiger partial charge in [0.1, 0.15) is 65.2 Å². The average Bonchev–Trinajstić information content (AvgIpc) is 4.23. The number of halogens is 6. The van der Waals surface area contributed by atoms with Crippen LogP contribution in [0.15, 0.2) is 36.4 Å². The molecule has 0 unspecified atom stereocenters. The van der Waals surface area contributed by atoms with E-state index in [9.17, 15) is 56.5 Å². The quantitative estimate of drug-likeness (QED) is 0.0295. The van der Waals surface area contributed by atoms with Gasteiger partial charge < -0.3 is 50.7 Å². The summed E-state index contributed by atoms with van der Waals surface area (Å²) >= 11 is 19.3. The highest BCUT2D eigenvalue weighted by Crippen LogP contribution is 2.49. The van der Waals surface area contributed by atoms with Crippen molar-refractivity contribution in [3.8, 4) is 0 Å². The van der Waals surface area contributed by atoms with E-state index < -0.39 is 104 Å². The summed E-state index contributed by atoms with van der Waals surface area (Å²) in [6.45, 7) is 11.2. The summed E-state index contributed by atoms with van der Waals surface area (Å²) in [5.41, 5.74) is 11.5. The highest BCUT2D eigenvalue weighted by Gasteiger charge is 2.42. The van der Waals surface area contributed by atoms with E-state index in [1.807, 2.05) is 0 Å². The number of aromatic nitrogens is 8. The first-order chi connectivity index (χ1) is 37.7. The number of nitrogens with one attached hydrogen (secondary N) is 2. The van der Waals surface area contributed by atoms with Crippen LogP contribution in [0, 0.1) is 13.8 Å². The Bertz CT molecular complexity index is 3370. The zero-order valence-corrected chi connectivity index (χ0v) is 52.4. The van der Waals surface area contributed by atoms with Crippen LogP contribution in [0.1, 0.15) is 59.1 Å². The molecule has 0 radical (unpaired) electrons. The van der Waals surface area contributed by atoms with Crippen molar-refractivity contribution >= 4 is 172 Å². The van der Waals surface area contributed by atoms with Crippen molar-refractivity contribution in [3.63, 3.8) is 0 Å². The summed E-state index contributed by atoms with van der Waals surface area (Å²) < 4.78 is 65.0. The molecular formula is C44H56BrCl3F2N14O12P2S2Si. The molecule has 6 amide bonds. The molecule has 26 nitrogen and oxygen atoms in total. The minimum atomic E-state index is -4.74. The van der Waals surface area contributed by atoms with Crippen LogP contribution >= 0.6 is 88.0 Å². The predicted molar refractivity (Wildman–Crippen MR) is 309 cm³/mol. The second kappa shape index (κ2) is 28.6. The molecule has 2 saturated heterocycles. The molecule has 81 heavy (non-hydrogen) atoms. The number of thiazole rings is 2. The molecule has 8 rings (SSSR count). The number of fused-ring (bicyclic) bond motifs is 2. The van der Waals surface area contributed by atoms with E-state index >= 15 is 0 Å². The summed E-state index contributed by atoms with van der Waals surface area (Å²) in [7, 11) is -8.53. The first kappa shape index (κ1) is 66.8. The minimum Gasteiger partial charge on any atom is -0.364 e. The number of alkyl halides is 5. The Morgan fingerprint density at radius 2 is 1.09 bits per heavy atom. The van der Waals surface area contributed by atoms with E-state index in [4.69, 9.17) is 55.3 Å². The van der Waals surface area contributed by atoms with E-state index in [0.717, 1.165) is 30.5 Å². The van der Waals surface area contributed by atoms with Crippen LogP contribution in [0.4, 0.5) is 20.4 Å². The fourth-order valence-corrected chi connectivity index (χ4v) is 12.5. The van der Waals surface area contributed by atoms with E-state index in [1.54, 1.807) is 64.1 Å². The maximum atomic E-state index is 14.4. The Morgan fingerprint density at radius 1 is 0.728 bits per heavy atom. The van der Waals surface area contributed by atoms with Gasteiger partial charge in [0, 0.05) is 24.2 Å². The molecule has 0 aromatic carbocycles. The number of carbonyl (C=O) groups is 6. The van der Waals surface area contributed by atoms with Crippen LogP contribution in [0.2, 0.25) is 19.6 Å². The largest absolute Gasteiger partial charge is 0.389 e. The van der Waals surface area contributed by atoms with Gasteiger partial charge in [0.2, 0.25) is 33.1 Å². The fourth-order valence-electron chi connectivity index (χ4n) is 7.66. The average molecular weight is 1350 g/mol. The van der Waals surface area contributed by atoms with Crippen LogP contribution in [0.25, 0.3) is 20.7 Å². The number of carbonyl (C=O) groups excluding carboxylic acids is 6. The van der Waals surface area contributed by atoms with Gasteiger partial charge in [-0.2, -0.15) is 10.2 Å². The molecule has 0 aliphatic carbocycles. The lowest BCUT2D eigenvalue weighted by Crippen LogP contribution is -2.44. The third-order valence-corrected chi connectivity index (χ3v) is 16.7. The zero-order valence-electron chi connectivity index (χ0n) is 44.1. The number of pyridine rings is 2. The van der Waals surface area contributed by atoms with E-state index in [-0.39, 0.29) is 87.6 Å². The monoisotopic (exact) mass is 1350 g/mol. The van der Waals surface area contributed by atoms with E-state index in [1.165, 1.54) is 0 Å². The topological polar surface area (TPSA) is 365 Å². The molecule has 0 spiro atoms. The first-order valence-electron chi connectivity index (χ1n) is 24.0. The van der Waals surface area contributed by atoms with Crippen LogP contribution in [0.3, 0.4) is 0 Å². The zero-order chi connectivity index (χ0) is 60.5. The number of primary amides is 2. The maximum Gasteiger partial charge on any atom is 0.389 e. The van der Waals surface area contributed by atoms with E-state index in [2.05, 4.69) is 75.7 Å². The number of nitrogens with two attached hydrogens (primary N) is 2. The Kier molecular flexibility index (Phi) is 23.6. The standard InChI is InChI=1S/C22H27FN7O6PS.C18H19FN7O6PS.C3H9BrSi.CHCl3/c1-4-35-37(34,36-5-2)22-27-20-18(38-22)17(19(24)32)28-30(20)11-16(31)29-10-13(23)9-14(29)21(33)26-15-8-6-7-12(3)25-15;1-8-3-2-4-11(21-8)22-17(29)10-5-9(19)6-25(10)12(27)7-26-16-14(13(24-26)15(20)28)34-18(23-16)33(30,31)32;1-5(2,3)4;2-1(3)4/h6-8,13-14H,4-5,9-11H2,1-3H3,(H2,24,32)(H,25,26,33);2-4,9-10H,5-7H2,1H3,(H2,20,28)(H,21,22,29)(H2,30,31,32);1-3H3;1H/t13-,14+;9-,10+;;/m11../s1. The highest BCUT2D eigenvalue weighted by molar-refractivity contribution is 9.26. The Morgan fingerprint density at radius 3 is 1.42 bits per heavy atom. The van der Waals surface area contributed by atoms with Crippen molar-refractivity contribution in [3.05, 3.63) is 59.2 Å². The molecule has 6 aromatic rings. The molecule has 8 N–H and O–H groups in total. The van der Waals surface area contributed by atoms with E-state index in [0.29, 0.717) is 22.7 Å². The van der Waals surface area contributed by atoms with Crippen molar-refractivity contribution in [2.75, 3.05) is 36.9 Å². The number of hydrogen-bond donors (Lipinski definition) is 6. The van der Waals surface area contributed by atoms with Crippen molar-refractivity contribution in [1.82, 2.24) is 49.3 Å². The normalized spacial score (nSPS) is 17.2. The van der Waals surface area contributed by atoms with Gasteiger partial charge in [-0.05, 0) is 52.0 Å². The molecule has 37 heteroatoms. The lowest BCUT2D eigenvalue weighted by Gasteiger charge is -2.23. The lowest BCUT2D eigenvalue weighted by molar-refractivity contribution is -0.137. The van der Waals surface area contributed by atoms with Crippen molar-refractivity contribution < 1.29 is 65.5 Å². The van der Waals surface area contributed by atoms with Gasteiger partial charge in [0.25, 0.3) is 11.8 Å². The van der Waals surface area contributed by atoms with Crippen LogP contribution in [-0.2, 0) is 50.4 Å². The molecule has 8 heterocycles. The number of anilines is 2. The summed E-state index contributed by atoms with van der Waals surface area (Å²) in [6, 6.07) is 7.85. The summed E-state index contributed by atoms with van der Waals surface area (Å²) in [5, 5.41) is 13.2. The third-order valence-electron chi connectivity index (χ3n) is 10.7. The molecule has 2 aliphatic heterocycles. The molecule has 6 aromatic heterocycles. The highest BCUT2D eigenvalue weighted by atomic mass is 79.9. The number of hydrogen-bond acceptors (Lipinski definition) is 18. The predicted octanol–water partition coefficient (Wildman–Crippen LogP) is 5.64. The molecule has 0 saturated carbocycles. The SMILES string of the molecule is CCOP(=O)(OCC)c1nc2c(s1)c(C(N)=O)nn2CC(=O)N1C[C@H](F)C[C@H]1C(=O)Nc1cccc(C)n1.C[Si](C)(C)Br.Cc1cccc(NC(=O)[C@@H]2C[C@@H](F)CN2C(=O)Cn2nc(C(N)=O)c3sc(P(=O)(O)O)nc32)n1.ClC(Cl)Cl. The number of rotatable bonds is 16. The van der Waals surface area contributed by atoms with Gasteiger partial charge in [0.05, 0.1) is 26.3 Å². The van der Waals surface area contributed by atoms with Gasteiger partial charge in [-0.3, -0.25) is 37.9 Å². The fraction of sp³-hybridized carbons (Fsp3) is 0.455. The molecule has 0 bridgehead atoms. The molecule has 2 fully saturated rings. The smallest absolute Gasteiger partial charge is 0.364 e. The van der Waals surface area contributed by atoms with Crippen molar-refractivity contribution in [2.24, 2.45) is 11.5 Å². The number of nitrogens with zero attached hydrogens (tertiary/aromatic N) is 10. The molecular weight excluding hydrogens is 1290 g/mol. The van der Waals surface area contributed by atoms with Gasteiger partial charge >= 0.3 is 15.2 Å². The maximum absolute atomic E-state index is 14.4. The van der Waals surface area contributed by atoms with Crippen molar-refractivity contribution in [1.29, 1.82) is 0 Å². The second-order valence-electron chi connectivity index (χ2n) is 18.3. The Hall–Kier alpha value is -4.95. The Balaban J connectivity index is 0.000000260. The molecule has 4 atom stereocenters. The van der Waals surface area contributed by atoms with Gasteiger partial charge in [0.15, 0.2) is 27.0 Å². The molecule has 2 aliphatic rings. The van der Waals surface area contributed by atoms with Crippen molar-refractivity contribution in [2.45, 2.75) is 102 Å². The second-order valence-corrected chi connectivity index (χ2v) is 37.6. The number of aryl methyl sites for hydroxylation is 2. The number of amides is 6. The van der Waals surface area contributed by atoms with Gasteiger partial charge in [-0.1, -0.05) is 66.6 Å².